The van der Waals surface area contributed by atoms with E-state index in [0.717, 1.165) is 30.3 Å². The monoisotopic (exact) mass is 833 g/mol. The zero-order valence-electron chi connectivity index (χ0n) is 28.4. The number of halogens is 2. The van der Waals surface area contributed by atoms with Gasteiger partial charge in [-0.3, -0.25) is 41.8 Å². The molecule has 3 fully saturated rings. The molecule has 3 aromatic heterocycles. The van der Waals surface area contributed by atoms with E-state index in [4.69, 9.17) is 42.7 Å². The van der Waals surface area contributed by atoms with E-state index in [1.807, 2.05) is 4.98 Å². The van der Waals surface area contributed by atoms with E-state index in [-0.39, 0.29) is 28.5 Å². The average Bonchev–Trinajstić information content (AvgIpc) is 3.80. The highest BCUT2D eigenvalue weighted by Gasteiger charge is 2.56. The Labute approximate surface area is 311 Å². The normalized spacial score (nSPS) is 32.7. The molecule has 3 saturated heterocycles. The van der Waals surface area contributed by atoms with Gasteiger partial charge in [-0.2, -0.15) is 0 Å². The van der Waals surface area contributed by atoms with Crippen LogP contribution in [-0.4, -0.2) is 92.1 Å². The fraction of sp³-hybridized carbons (Fsp3) is 0.448. The van der Waals surface area contributed by atoms with Gasteiger partial charge in [0.1, 0.15) is 42.0 Å². The fourth-order valence-corrected chi connectivity index (χ4v) is 10.4. The molecular weight excluding hydrogens is 802 g/mol. The van der Waals surface area contributed by atoms with Crippen LogP contribution >= 0.6 is 26.0 Å². The van der Waals surface area contributed by atoms with Crippen molar-refractivity contribution in [2.75, 3.05) is 26.1 Å². The molecule has 26 heteroatoms. The van der Waals surface area contributed by atoms with Gasteiger partial charge in [0.15, 0.2) is 36.3 Å². The number of H-pyrrole nitrogens is 1. The molecule has 4 aromatic rings. The average molecular weight is 834 g/mol. The van der Waals surface area contributed by atoms with Gasteiger partial charge in [-0.25, -0.2) is 42.5 Å². The molecule has 6 heterocycles. The van der Waals surface area contributed by atoms with Crippen LogP contribution in [0.4, 0.5) is 14.6 Å². The Morgan fingerprint density at radius 1 is 0.982 bits per heavy atom. The predicted molar refractivity (Wildman–Crippen MR) is 183 cm³/mol. The summed E-state index contributed by atoms with van der Waals surface area (Å²) in [6, 6.07) is 7.04. The van der Waals surface area contributed by atoms with E-state index in [1.54, 1.807) is 12.1 Å². The Morgan fingerprint density at radius 3 is 2.33 bits per heavy atom. The first-order valence-corrected chi connectivity index (χ1v) is 20.7. The van der Waals surface area contributed by atoms with E-state index in [9.17, 15) is 23.5 Å². The second-order valence-electron chi connectivity index (χ2n) is 12.0. The Morgan fingerprint density at radius 2 is 1.65 bits per heavy atom. The van der Waals surface area contributed by atoms with Crippen LogP contribution in [0.1, 0.15) is 24.9 Å². The molecule has 296 valence electrons. The van der Waals surface area contributed by atoms with Crippen molar-refractivity contribution < 1.29 is 64.6 Å². The van der Waals surface area contributed by atoms with Gasteiger partial charge < -0.3 is 19.9 Å². The lowest BCUT2D eigenvalue weighted by Gasteiger charge is -2.27. The van der Waals surface area contributed by atoms with E-state index in [1.165, 1.54) is 30.0 Å². The summed E-state index contributed by atoms with van der Waals surface area (Å²) in [5.41, 5.74) is 4.83. The van der Waals surface area contributed by atoms with Crippen molar-refractivity contribution in [2.24, 2.45) is 0 Å². The highest BCUT2D eigenvalue weighted by molar-refractivity contribution is 8.54. The molecule has 0 saturated carbocycles. The number of alkyl halides is 2. The van der Waals surface area contributed by atoms with E-state index in [0.29, 0.717) is 16.9 Å². The number of nitrogens with one attached hydrogen (secondary N) is 1. The Hall–Kier alpha value is -3.93. The predicted octanol–water partition coefficient (Wildman–Crippen LogP) is 2.90. The van der Waals surface area contributed by atoms with Crippen molar-refractivity contribution in [3.63, 3.8) is 0 Å². The molecule has 0 spiro atoms. The van der Waals surface area contributed by atoms with Crippen LogP contribution in [0.25, 0.3) is 11.2 Å². The standard InChI is InChI=1S/C29H31F2N7O14P2S/c1-14(39)47-16-5-3-15(4-6-16)11-55-54(43)46-10-18-20(30)23(28(49-18)38-13-35-22-25(32)33-12-34-26(22)38)50-53(42,52-44-2)45-9-17-21(31)24(51-54)27(48-17)37-8-7-19(40)36-29(37)41/h3-8,12-13,17-18,20-21,23-24,27-28H,9-11H2,1-2H3,(H2,32,33,34)(H,36,40,41)/t17-,18-,20-,21-,23-,24-,27-,28-,53?,54?/m1/s1. The molecule has 1 aromatic carbocycles. The summed E-state index contributed by atoms with van der Waals surface area (Å²) < 4.78 is 108. The number of carbonyl (C=O) groups excluding carboxylic acids is 1. The van der Waals surface area contributed by atoms with Gasteiger partial charge in [-0.1, -0.05) is 12.1 Å². The molecule has 4 bridgehead atoms. The van der Waals surface area contributed by atoms with Gasteiger partial charge in [0.05, 0.1) is 26.7 Å². The Kier molecular flexibility index (Phi) is 11.4. The summed E-state index contributed by atoms with van der Waals surface area (Å²) in [5.74, 6) is -0.421. The first-order valence-electron chi connectivity index (χ1n) is 16.1. The minimum absolute atomic E-state index is 0.0135. The molecule has 10 atom stereocenters. The number of fused-ring (bicyclic) bond motifs is 5. The highest BCUT2D eigenvalue weighted by Crippen LogP contribution is 2.65. The number of hydrogen-bond acceptors (Lipinski definition) is 19. The molecule has 21 nitrogen and oxygen atoms in total. The van der Waals surface area contributed by atoms with Crippen LogP contribution in [-0.2, 0) is 56.8 Å². The van der Waals surface area contributed by atoms with Crippen molar-refractivity contribution >= 4 is 49.0 Å². The van der Waals surface area contributed by atoms with E-state index in [2.05, 4.69) is 19.8 Å². The number of nitrogens with two attached hydrogens (primary N) is 1. The summed E-state index contributed by atoms with van der Waals surface area (Å²) >= 11 is 0.580. The number of carbonyl (C=O) groups is 1. The second-order valence-corrected chi connectivity index (χ2v) is 17.5. The molecule has 2 unspecified atom stereocenters. The molecule has 0 aliphatic carbocycles. The summed E-state index contributed by atoms with van der Waals surface area (Å²) in [4.78, 5) is 54.8. The largest absolute Gasteiger partial charge is 0.502 e. The number of nitrogen functional groups attached to an aromatic ring is 1. The maximum Gasteiger partial charge on any atom is 0.502 e. The molecule has 0 amide bonds. The number of aromatic nitrogens is 6. The lowest BCUT2D eigenvalue weighted by Crippen LogP contribution is -2.38. The minimum Gasteiger partial charge on any atom is -0.427 e. The number of nitrogens with zero attached hydrogens (tertiary/aromatic N) is 5. The topological polar surface area (TPSA) is 259 Å². The highest BCUT2D eigenvalue weighted by atomic mass is 32.7. The number of anilines is 1. The van der Waals surface area contributed by atoms with Gasteiger partial charge in [-0.15, -0.1) is 4.67 Å². The number of phosphoric acid groups is 1. The van der Waals surface area contributed by atoms with Crippen LogP contribution in [0.2, 0.25) is 0 Å². The van der Waals surface area contributed by atoms with Crippen molar-refractivity contribution in [2.45, 2.75) is 61.9 Å². The first kappa shape index (κ1) is 39.3. The van der Waals surface area contributed by atoms with Crippen molar-refractivity contribution in [3.05, 3.63) is 75.6 Å². The number of benzene rings is 1. The third-order valence-corrected chi connectivity index (χ3v) is 13.3. The first-order chi connectivity index (χ1) is 26.3. The lowest BCUT2D eigenvalue weighted by atomic mass is 10.1. The number of ether oxygens (including phenoxy) is 3. The van der Waals surface area contributed by atoms with Crippen molar-refractivity contribution in [1.29, 1.82) is 0 Å². The summed E-state index contributed by atoms with van der Waals surface area (Å²) in [6.07, 6.45) is -11.6. The molecule has 7 rings (SSSR count). The fourth-order valence-electron chi connectivity index (χ4n) is 5.88. The van der Waals surface area contributed by atoms with E-state index >= 15 is 8.78 Å². The van der Waals surface area contributed by atoms with Gasteiger partial charge in [0, 0.05) is 24.9 Å². The number of esters is 1. The Balaban J connectivity index is 1.25. The summed E-state index contributed by atoms with van der Waals surface area (Å²) in [5, 5.41) is 0. The number of hydrogen-bond donors (Lipinski definition) is 2. The maximum atomic E-state index is 16.5. The zero-order chi connectivity index (χ0) is 39.1. The third-order valence-electron chi connectivity index (χ3n) is 8.35. The van der Waals surface area contributed by atoms with Crippen molar-refractivity contribution in [1.82, 2.24) is 29.1 Å². The quantitative estimate of drug-likeness (QED) is 0.0850. The van der Waals surface area contributed by atoms with Gasteiger partial charge in [0.2, 0.25) is 0 Å². The molecule has 3 aliphatic rings. The maximum absolute atomic E-state index is 16.5. The third kappa shape index (κ3) is 8.30. The second kappa shape index (κ2) is 15.9. The van der Waals surface area contributed by atoms with Gasteiger partial charge in [0.25, 0.3) is 5.56 Å². The van der Waals surface area contributed by atoms with Crippen LogP contribution in [0.5, 0.6) is 5.75 Å². The molecule has 3 N–H and O–H groups in total. The van der Waals surface area contributed by atoms with Crippen molar-refractivity contribution in [3.8, 4) is 5.75 Å². The molecule has 3 aliphatic heterocycles. The molecular formula is C29H31F2N7O14P2S. The van der Waals surface area contributed by atoms with E-state index < -0.39 is 94.3 Å². The molecule has 55 heavy (non-hydrogen) atoms. The SMILES string of the molecule is COOP1(=O)OC[C@H]2O[C@@H](n3ccc(=O)[nH]c3=O)[C@H](OP(=O)(SCc3ccc(OC(C)=O)cc3)OC[C@H]3O[C@@H](n4cnc5c(N)ncnc54)[C@H](O1)[C@@H]3F)[C@@H]2F. The summed E-state index contributed by atoms with van der Waals surface area (Å²) in [7, 11) is -4.03. The van der Waals surface area contributed by atoms with Gasteiger partial charge in [-0.05, 0) is 29.1 Å². The van der Waals surface area contributed by atoms with Crippen LogP contribution in [0, 0.1) is 0 Å². The smallest absolute Gasteiger partial charge is 0.427 e. The number of imidazole rings is 1. The number of aromatic amines is 1. The van der Waals surface area contributed by atoms with Crippen LogP contribution < -0.4 is 21.7 Å². The van der Waals surface area contributed by atoms with Crippen LogP contribution in [0.15, 0.2) is 58.8 Å². The number of rotatable bonds is 8. The summed E-state index contributed by atoms with van der Waals surface area (Å²) in [6.45, 7) is -5.18. The van der Waals surface area contributed by atoms with Gasteiger partial charge >= 0.3 is 26.3 Å². The molecule has 0 radical (unpaired) electrons. The van der Waals surface area contributed by atoms with Crippen LogP contribution in [0.3, 0.4) is 0 Å². The number of phosphoric ester groups is 1. The zero-order valence-corrected chi connectivity index (χ0v) is 31.1. The Bertz CT molecular complexity index is 2270. The lowest BCUT2D eigenvalue weighted by molar-refractivity contribution is -0.208. The minimum atomic E-state index is -5.00.